The molecule has 1 atom stereocenters. The Hall–Kier alpha value is -2.73. The molecule has 0 radical (unpaired) electrons. The van der Waals surface area contributed by atoms with Gasteiger partial charge in [-0.3, -0.25) is 9.69 Å². The van der Waals surface area contributed by atoms with Gasteiger partial charge in [0, 0.05) is 30.5 Å². The molecule has 0 bridgehead atoms. The Morgan fingerprint density at radius 3 is 2.61 bits per heavy atom. The Kier molecular flexibility index (Phi) is 5.72. The first kappa shape index (κ1) is 20.2. The molecule has 3 heterocycles. The molecule has 0 aromatic heterocycles. The summed E-state index contributed by atoms with van der Waals surface area (Å²) in [6.07, 6.45) is 4.67. The first-order valence-electron chi connectivity index (χ1n) is 11.5. The number of carbonyl (C=O) groups is 1. The second-order valence-corrected chi connectivity index (χ2v) is 8.77. The second kappa shape index (κ2) is 8.79. The number of rotatable bonds is 5. The average Bonchev–Trinajstić information content (AvgIpc) is 3.47. The van der Waals surface area contributed by atoms with Crippen molar-refractivity contribution >= 4 is 17.3 Å². The first-order valence-corrected chi connectivity index (χ1v) is 11.5. The molecule has 6 heteroatoms. The largest absolute Gasteiger partial charge is 0.486 e. The Balaban J connectivity index is 1.23. The fourth-order valence-electron chi connectivity index (χ4n) is 4.99. The lowest BCUT2D eigenvalue weighted by molar-refractivity contribution is -0.117. The van der Waals surface area contributed by atoms with Gasteiger partial charge in [0.15, 0.2) is 11.5 Å². The first-order chi connectivity index (χ1) is 15.2. The van der Waals surface area contributed by atoms with Crippen molar-refractivity contribution in [2.75, 3.05) is 49.6 Å². The van der Waals surface area contributed by atoms with Gasteiger partial charge in [0.2, 0.25) is 5.91 Å². The molecule has 3 aliphatic heterocycles. The van der Waals surface area contributed by atoms with E-state index in [9.17, 15) is 4.79 Å². The van der Waals surface area contributed by atoms with Gasteiger partial charge in [-0.05, 0) is 80.6 Å². The van der Waals surface area contributed by atoms with E-state index in [4.69, 9.17) is 9.47 Å². The fourth-order valence-corrected chi connectivity index (χ4v) is 4.99. The molecule has 164 valence electrons. The van der Waals surface area contributed by atoms with Gasteiger partial charge < -0.3 is 19.7 Å². The number of nitrogens with zero attached hydrogens (tertiary/aromatic N) is 2. The summed E-state index contributed by atoms with van der Waals surface area (Å²) < 4.78 is 11.4. The van der Waals surface area contributed by atoms with Crippen molar-refractivity contribution < 1.29 is 14.3 Å². The third kappa shape index (κ3) is 4.35. The fraction of sp³-hybridized carbons (Fsp3) is 0.480. The van der Waals surface area contributed by atoms with Crippen LogP contribution in [0.25, 0.3) is 0 Å². The van der Waals surface area contributed by atoms with Crippen molar-refractivity contribution in [2.45, 2.75) is 38.6 Å². The number of carbonyl (C=O) groups excluding carboxylic acids is 1. The van der Waals surface area contributed by atoms with Crippen LogP contribution >= 0.6 is 0 Å². The number of hydrogen-bond acceptors (Lipinski definition) is 5. The van der Waals surface area contributed by atoms with Gasteiger partial charge in [-0.1, -0.05) is 6.07 Å². The van der Waals surface area contributed by atoms with Crippen LogP contribution in [0.3, 0.4) is 0 Å². The molecule has 1 N–H and O–H groups in total. The lowest BCUT2D eigenvalue weighted by Crippen LogP contribution is -2.33. The molecule has 1 amide bonds. The number of fused-ring (bicyclic) bond motifs is 1. The molecule has 6 nitrogen and oxygen atoms in total. The Morgan fingerprint density at radius 2 is 1.81 bits per heavy atom. The number of anilines is 2. The molecule has 2 aromatic rings. The number of hydrogen-bond donors (Lipinski definition) is 1. The molecule has 31 heavy (non-hydrogen) atoms. The van der Waals surface area contributed by atoms with E-state index in [0.29, 0.717) is 19.8 Å². The highest BCUT2D eigenvalue weighted by molar-refractivity contribution is 5.93. The zero-order valence-corrected chi connectivity index (χ0v) is 18.2. The standard InChI is InChI=1S/C25H31N3O3/c1-18-15-20(27-10-2-3-11-27)7-8-21(18)26-25(29)17-28-12-4-5-22(28)19-6-9-23-24(16-19)31-14-13-30-23/h6-9,15-16,22H,2-5,10-14,17H2,1H3,(H,26,29). The summed E-state index contributed by atoms with van der Waals surface area (Å²) in [7, 11) is 0. The predicted octanol–water partition coefficient (Wildman–Crippen LogP) is 4.14. The van der Waals surface area contributed by atoms with E-state index in [1.54, 1.807) is 0 Å². The van der Waals surface area contributed by atoms with Gasteiger partial charge in [0.1, 0.15) is 13.2 Å². The van der Waals surface area contributed by atoms with Crippen molar-refractivity contribution in [2.24, 2.45) is 0 Å². The summed E-state index contributed by atoms with van der Waals surface area (Å²) in [6.45, 7) is 6.83. The van der Waals surface area contributed by atoms with E-state index < -0.39 is 0 Å². The highest BCUT2D eigenvalue weighted by Gasteiger charge is 2.29. The summed E-state index contributed by atoms with van der Waals surface area (Å²) in [5, 5.41) is 3.13. The van der Waals surface area contributed by atoms with Crippen LogP contribution in [0.1, 0.15) is 42.9 Å². The lowest BCUT2D eigenvalue weighted by atomic mass is 10.0. The minimum Gasteiger partial charge on any atom is -0.486 e. The van der Waals surface area contributed by atoms with E-state index in [-0.39, 0.29) is 11.9 Å². The van der Waals surface area contributed by atoms with Gasteiger partial charge in [-0.15, -0.1) is 0 Å². The smallest absolute Gasteiger partial charge is 0.238 e. The van der Waals surface area contributed by atoms with Crippen LogP contribution in [0, 0.1) is 6.92 Å². The Bertz CT molecular complexity index is 955. The topological polar surface area (TPSA) is 54.0 Å². The Morgan fingerprint density at radius 1 is 1.00 bits per heavy atom. The third-order valence-electron chi connectivity index (χ3n) is 6.62. The van der Waals surface area contributed by atoms with E-state index in [1.165, 1.54) is 24.1 Å². The van der Waals surface area contributed by atoms with E-state index in [0.717, 1.165) is 55.2 Å². The van der Waals surface area contributed by atoms with Gasteiger partial charge in [0.05, 0.1) is 6.54 Å². The maximum Gasteiger partial charge on any atom is 0.238 e. The molecule has 2 fully saturated rings. The van der Waals surface area contributed by atoms with Crippen LogP contribution in [0.2, 0.25) is 0 Å². The van der Waals surface area contributed by atoms with Crippen LogP contribution in [0.5, 0.6) is 11.5 Å². The molecule has 3 aliphatic rings. The van der Waals surface area contributed by atoms with E-state index in [2.05, 4.69) is 46.3 Å². The minimum absolute atomic E-state index is 0.0430. The van der Waals surface area contributed by atoms with Crippen LogP contribution in [-0.2, 0) is 4.79 Å². The molecular weight excluding hydrogens is 390 g/mol. The van der Waals surface area contributed by atoms with Crippen LogP contribution in [0.4, 0.5) is 11.4 Å². The molecule has 0 aliphatic carbocycles. The van der Waals surface area contributed by atoms with Crippen LogP contribution in [0.15, 0.2) is 36.4 Å². The minimum atomic E-state index is 0.0430. The SMILES string of the molecule is Cc1cc(N2CCCC2)ccc1NC(=O)CN1CCCC1c1ccc2c(c1)OCCO2. The van der Waals surface area contributed by atoms with Crippen molar-refractivity contribution in [1.29, 1.82) is 0 Å². The summed E-state index contributed by atoms with van der Waals surface area (Å²) in [4.78, 5) is 17.6. The number of benzene rings is 2. The van der Waals surface area contributed by atoms with Crippen LogP contribution < -0.4 is 19.7 Å². The maximum absolute atomic E-state index is 12.9. The van der Waals surface area contributed by atoms with E-state index >= 15 is 0 Å². The Labute approximate surface area is 184 Å². The van der Waals surface area contributed by atoms with E-state index in [1.807, 2.05) is 12.1 Å². The summed E-state index contributed by atoms with van der Waals surface area (Å²) >= 11 is 0. The molecule has 0 saturated carbocycles. The molecule has 0 spiro atoms. The second-order valence-electron chi connectivity index (χ2n) is 8.77. The quantitative estimate of drug-likeness (QED) is 0.786. The van der Waals surface area contributed by atoms with Crippen molar-refractivity contribution in [3.63, 3.8) is 0 Å². The van der Waals surface area contributed by atoms with Gasteiger partial charge in [0.25, 0.3) is 0 Å². The number of amides is 1. The van der Waals surface area contributed by atoms with Crippen molar-refractivity contribution in [3.05, 3.63) is 47.5 Å². The average molecular weight is 422 g/mol. The summed E-state index contributed by atoms with van der Waals surface area (Å²) in [5.74, 6) is 1.67. The molecule has 2 saturated heterocycles. The number of aryl methyl sites for hydroxylation is 1. The van der Waals surface area contributed by atoms with Crippen molar-refractivity contribution in [1.82, 2.24) is 4.90 Å². The van der Waals surface area contributed by atoms with Gasteiger partial charge in [-0.2, -0.15) is 0 Å². The van der Waals surface area contributed by atoms with Crippen molar-refractivity contribution in [3.8, 4) is 11.5 Å². The van der Waals surface area contributed by atoms with Gasteiger partial charge >= 0.3 is 0 Å². The monoisotopic (exact) mass is 421 g/mol. The maximum atomic E-state index is 12.9. The number of nitrogens with one attached hydrogen (secondary N) is 1. The van der Waals surface area contributed by atoms with Crippen LogP contribution in [-0.4, -0.2) is 50.2 Å². The van der Waals surface area contributed by atoms with Gasteiger partial charge in [-0.25, -0.2) is 0 Å². The zero-order chi connectivity index (χ0) is 21.2. The zero-order valence-electron chi connectivity index (χ0n) is 18.2. The predicted molar refractivity (Wildman–Crippen MR) is 122 cm³/mol. The number of likely N-dealkylation sites (tertiary alicyclic amines) is 1. The highest BCUT2D eigenvalue weighted by atomic mass is 16.6. The summed E-state index contributed by atoms with van der Waals surface area (Å²) in [5.41, 5.74) is 4.47. The normalized spacial score (nSPS) is 20.8. The molecule has 5 rings (SSSR count). The lowest BCUT2D eigenvalue weighted by Gasteiger charge is -2.26. The summed E-state index contributed by atoms with van der Waals surface area (Å²) in [6, 6.07) is 12.8. The number of ether oxygens (including phenoxy) is 2. The highest BCUT2D eigenvalue weighted by Crippen LogP contribution is 2.38. The molecule has 1 unspecified atom stereocenters. The molecule has 2 aromatic carbocycles. The molecular formula is C25H31N3O3. The third-order valence-corrected chi connectivity index (χ3v) is 6.62.